The van der Waals surface area contributed by atoms with Gasteiger partial charge in [-0.25, -0.2) is 13.2 Å². The van der Waals surface area contributed by atoms with Crippen LogP contribution < -0.4 is 11.1 Å². The minimum atomic E-state index is -4.12. The van der Waals surface area contributed by atoms with Gasteiger partial charge in [-0.05, 0) is 79.0 Å². The van der Waals surface area contributed by atoms with E-state index in [1.54, 1.807) is 25.1 Å². The van der Waals surface area contributed by atoms with Crippen LogP contribution in [0.25, 0.3) is 0 Å². The highest BCUT2D eigenvalue weighted by molar-refractivity contribution is 7.91. The van der Waals surface area contributed by atoms with Gasteiger partial charge in [0.2, 0.25) is 0 Å². The summed E-state index contributed by atoms with van der Waals surface area (Å²) < 4.78 is 68.6. The molecule has 2 atom stereocenters. The number of amides is 2. The number of carbonyl (C=O) groups excluding carboxylic acids is 2. The minimum Gasteiger partial charge on any atom is -0.447 e. The zero-order valence-electron chi connectivity index (χ0n) is 23.8. The SMILES string of the molecule is CC[C@@H]1c2ccc(C(=O)N[C@@H](COC(N)=O)c3ccc(S(=O)(=O)CC)cc3)cc2CN1CC1CCC(C(F)(F)F)CC1. The van der Waals surface area contributed by atoms with Crippen molar-refractivity contribution in [3.05, 3.63) is 64.7 Å². The molecule has 2 aliphatic rings. The van der Waals surface area contributed by atoms with Gasteiger partial charge in [0.1, 0.15) is 6.61 Å². The molecule has 1 fully saturated rings. The van der Waals surface area contributed by atoms with Crippen molar-refractivity contribution >= 4 is 21.8 Å². The monoisotopic (exact) mass is 609 g/mol. The Kier molecular flexibility index (Phi) is 9.87. The van der Waals surface area contributed by atoms with E-state index in [-0.39, 0.29) is 42.1 Å². The number of sulfone groups is 1. The number of hydrogen-bond acceptors (Lipinski definition) is 6. The zero-order chi connectivity index (χ0) is 30.7. The van der Waals surface area contributed by atoms with Crippen LogP contribution in [-0.2, 0) is 21.1 Å². The van der Waals surface area contributed by atoms with Crippen LogP contribution in [-0.4, -0.2) is 50.4 Å². The molecular weight excluding hydrogens is 571 g/mol. The molecule has 2 aromatic rings. The van der Waals surface area contributed by atoms with E-state index < -0.39 is 40.0 Å². The number of benzene rings is 2. The van der Waals surface area contributed by atoms with Crippen molar-refractivity contribution in [3.8, 4) is 0 Å². The first kappa shape index (κ1) is 31.8. The van der Waals surface area contributed by atoms with Crippen molar-refractivity contribution in [2.45, 2.75) is 75.7 Å². The summed E-state index contributed by atoms with van der Waals surface area (Å²) >= 11 is 0. The lowest BCUT2D eigenvalue weighted by molar-refractivity contribution is -0.184. The molecule has 4 rings (SSSR count). The minimum absolute atomic E-state index is 0.0505. The molecule has 1 aliphatic heterocycles. The third-order valence-electron chi connectivity index (χ3n) is 8.49. The molecular formula is C30H38F3N3O5S. The lowest BCUT2D eigenvalue weighted by Gasteiger charge is -2.34. The maximum absolute atomic E-state index is 13.3. The zero-order valence-corrected chi connectivity index (χ0v) is 24.6. The van der Waals surface area contributed by atoms with Gasteiger partial charge >= 0.3 is 12.3 Å². The van der Waals surface area contributed by atoms with E-state index in [9.17, 15) is 31.2 Å². The van der Waals surface area contributed by atoms with Crippen LogP contribution in [0.1, 0.15) is 85.1 Å². The topological polar surface area (TPSA) is 119 Å². The summed E-state index contributed by atoms with van der Waals surface area (Å²) in [7, 11) is -3.41. The molecule has 0 radical (unpaired) electrons. The van der Waals surface area contributed by atoms with Gasteiger partial charge in [0, 0.05) is 24.7 Å². The Bertz CT molecular complexity index is 1370. The highest BCUT2D eigenvalue weighted by Crippen LogP contribution is 2.42. The van der Waals surface area contributed by atoms with Crippen molar-refractivity contribution < 1.29 is 35.9 Å². The molecule has 0 saturated heterocycles. The molecule has 0 bridgehead atoms. The Labute approximate surface area is 244 Å². The molecule has 2 amide bonds. The van der Waals surface area contributed by atoms with Crippen LogP contribution in [0, 0.1) is 11.8 Å². The summed E-state index contributed by atoms with van der Waals surface area (Å²) in [4.78, 5) is 27.1. The number of carbonyl (C=O) groups is 2. The maximum Gasteiger partial charge on any atom is 0.404 e. The number of ether oxygens (including phenoxy) is 1. The van der Waals surface area contributed by atoms with E-state index in [2.05, 4.69) is 17.1 Å². The Hall–Kier alpha value is -3.12. The van der Waals surface area contributed by atoms with Crippen molar-refractivity contribution in [2.24, 2.45) is 17.6 Å². The average molecular weight is 610 g/mol. The lowest BCUT2D eigenvalue weighted by atomic mass is 9.81. The molecule has 3 N–H and O–H groups in total. The van der Waals surface area contributed by atoms with Gasteiger partial charge in [0.25, 0.3) is 5.91 Å². The second kappa shape index (κ2) is 13.0. The molecule has 0 aromatic heterocycles. The number of nitrogens with two attached hydrogens (primary N) is 1. The first-order valence-corrected chi connectivity index (χ1v) is 16.0. The first-order valence-electron chi connectivity index (χ1n) is 14.3. The third kappa shape index (κ3) is 7.44. The van der Waals surface area contributed by atoms with Gasteiger partial charge in [-0.2, -0.15) is 13.2 Å². The fourth-order valence-electron chi connectivity index (χ4n) is 6.11. The Morgan fingerprint density at radius 1 is 1.07 bits per heavy atom. The van der Waals surface area contributed by atoms with Crippen molar-refractivity contribution in [3.63, 3.8) is 0 Å². The number of nitrogens with one attached hydrogen (secondary N) is 1. The maximum atomic E-state index is 13.3. The highest BCUT2D eigenvalue weighted by atomic mass is 32.2. The molecule has 2 aromatic carbocycles. The molecule has 0 unspecified atom stereocenters. The molecule has 8 nitrogen and oxygen atoms in total. The second-order valence-corrected chi connectivity index (χ2v) is 13.4. The summed E-state index contributed by atoms with van der Waals surface area (Å²) in [5.41, 5.74) is 8.20. The van der Waals surface area contributed by atoms with E-state index in [0.29, 0.717) is 30.5 Å². The number of alkyl halides is 3. The smallest absolute Gasteiger partial charge is 0.404 e. The van der Waals surface area contributed by atoms with E-state index in [1.165, 1.54) is 12.1 Å². The third-order valence-corrected chi connectivity index (χ3v) is 10.2. The molecule has 42 heavy (non-hydrogen) atoms. The molecule has 1 aliphatic carbocycles. The Balaban J connectivity index is 1.45. The molecule has 1 heterocycles. The van der Waals surface area contributed by atoms with E-state index in [1.807, 2.05) is 12.1 Å². The van der Waals surface area contributed by atoms with Gasteiger partial charge in [0.05, 0.1) is 22.6 Å². The molecule has 1 saturated carbocycles. The predicted molar refractivity (Wildman–Crippen MR) is 151 cm³/mol. The summed E-state index contributed by atoms with van der Waals surface area (Å²) in [6.07, 6.45) is -2.83. The van der Waals surface area contributed by atoms with Gasteiger partial charge in [-0.15, -0.1) is 0 Å². The quantitative estimate of drug-likeness (QED) is 0.358. The largest absolute Gasteiger partial charge is 0.447 e. The number of hydrogen-bond donors (Lipinski definition) is 2. The van der Waals surface area contributed by atoms with Gasteiger partial charge in [0.15, 0.2) is 9.84 Å². The fraction of sp³-hybridized carbons (Fsp3) is 0.533. The number of nitrogens with zero attached hydrogens (tertiary/aromatic N) is 1. The average Bonchev–Trinajstić information content (AvgIpc) is 3.30. The van der Waals surface area contributed by atoms with Crippen LogP contribution in [0.4, 0.5) is 18.0 Å². The van der Waals surface area contributed by atoms with Gasteiger partial charge in [-0.3, -0.25) is 9.69 Å². The lowest BCUT2D eigenvalue weighted by Crippen LogP contribution is -2.33. The predicted octanol–water partition coefficient (Wildman–Crippen LogP) is 5.68. The van der Waals surface area contributed by atoms with E-state index >= 15 is 0 Å². The number of rotatable bonds is 10. The number of primary amides is 1. The fourth-order valence-corrected chi connectivity index (χ4v) is 7.00. The summed E-state index contributed by atoms with van der Waals surface area (Å²) in [6, 6.07) is 10.9. The van der Waals surface area contributed by atoms with Crippen LogP contribution in [0.2, 0.25) is 0 Å². The second-order valence-electron chi connectivity index (χ2n) is 11.2. The molecule has 0 spiro atoms. The normalized spacial score (nSPS) is 21.9. The van der Waals surface area contributed by atoms with Crippen molar-refractivity contribution in [1.82, 2.24) is 10.2 Å². The van der Waals surface area contributed by atoms with Crippen LogP contribution in [0.5, 0.6) is 0 Å². The summed E-state index contributed by atoms with van der Waals surface area (Å²) in [6.45, 7) is 4.71. The first-order chi connectivity index (χ1) is 19.8. The number of fused-ring (bicyclic) bond motifs is 1. The Morgan fingerprint density at radius 3 is 2.31 bits per heavy atom. The standard InChI is InChI=1S/C30H38F3N3O5S/c1-3-27-25-14-9-21(15-22(25)17-36(27)16-19-5-10-23(11-6-19)30(31,32)33)28(37)35-26(18-41-29(34)38)20-7-12-24(13-8-20)42(39,40)4-2/h7-9,12-15,19,23,26-27H,3-6,10-11,16-18H2,1-2H3,(H2,34,38)(H,35,37)/t19?,23?,26-,27+/m0/s1. The van der Waals surface area contributed by atoms with Gasteiger partial charge < -0.3 is 15.8 Å². The van der Waals surface area contributed by atoms with Gasteiger partial charge in [-0.1, -0.05) is 32.0 Å². The molecule has 12 heteroatoms. The van der Waals surface area contributed by atoms with Crippen LogP contribution >= 0.6 is 0 Å². The summed E-state index contributed by atoms with van der Waals surface area (Å²) in [5, 5.41) is 2.86. The number of halogens is 3. The van der Waals surface area contributed by atoms with E-state index in [4.69, 9.17) is 10.5 Å². The van der Waals surface area contributed by atoms with Crippen LogP contribution in [0.15, 0.2) is 47.4 Å². The van der Waals surface area contributed by atoms with Crippen molar-refractivity contribution in [2.75, 3.05) is 18.9 Å². The van der Waals surface area contributed by atoms with Crippen molar-refractivity contribution in [1.29, 1.82) is 0 Å². The van der Waals surface area contributed by atoms with Crippen LogP contribution in [0.3, 0.4) is 0 Å². The Morgan fingerprint density at radius 2 is 1.74 bits per heavy atom. The van der Waals surface area contributed by atoms with E-state index in [0.717, 1.165) is 24.1 Å². The summed E-state index contributed by atoms with van der Waals surface area (Å²) in [5.74, 6) is -1.45. The highest BCUT2D eigenvalue weighted by Gasteiger charge is 2.42. The molecule has 230 valence electrons.